The highest BCUT2D eigenvalue weighted by Crippen LogP contribution is 2.34. The molecular weight excluding hydrogens is 276 g/mol. The molecule has 1 N–H and O–H groups in total. The highest BCUT2D eigenvalue weighted by atomic mass is 32.1. The SMILES string of the molecule is CC(C)Cc1cccc(C(O)c2ccc(C(C)(C)C)s2)c1. The van der Waals surface area contributed by atoms with E-state index >= 15 is 0 Å². The lowest BCUT2D eigenvalue weighted by Crippen LogP contribution is -2.07. The van der Waals surface area contributed by atoms with E-state index in [0.29, 0.717) is 5.92 Å². The quantitative estimate of drug-likeness (QED) is 0.809. The number of thiophene rings is 1. The minimum absolute atomic E-state index is 0.141. The van der Waals surface area contributed by atoms with Gasteiger partial charge in [0.15, 0.2) is 0 Å². The molecule has 0 aliphatic carbocycles. The van der Waals surface area contributed by atoms with Gasteiger partial charge in [-0.3, -0.25) is 0 Å². The molecule has 21 heavy (non-hydrogen) atoms. The van der Waals surface area contributed by atoms with Gasteiger partial charge in [0.05, 0.1) is 0 Å². The number of aliphatic hydroxyl groups is 1. The maximum atomic E-state index is 10.6. The van der Waals surface area contributed by atoms with Crippen molar-refractivity contribution in [2.45, 2.75) is 52.6 Å². The molecule has 2 heteroatoms. The lowest BCUT2D eigenvalue weighted by molar-refractivity contribution is 0.224. The summed E-state index contributed by atoms with van der Waals surface area (Å²) in [5, 5.41) is 10.6. The van der Waals surface area contributed by atoms with Gasteiger partial charge >= 0.3 is 0 Å². The highest BCUT2D eigenvalue weighted by molar-refractivity contribution is 7.12. The number of hydrogen-bond acceptors (Lipinski definition) is 2. The van der Waals surface area contributed by atoms with Gasteiger partial charge in [-0.2, -0.15) is 0 Å². The van der Waals surface area contributed by atoms with Crippen LogP contribution in [-0.2, 0) is 11.8 Å². The number of aliphatic hydroxyl groups excluding tert-OH is 1. The van der Waals surface area contributed by atoms with Crippen LogP contribution in [0.2, 0.25) is 0 Å². The van der Waals surface area contributed by atoms with Gasteiger partial charge in [0.25, 0.3) is 0 Å². The molecule has 2 rings (SSSR count). The van der Waals surface area contributed by atoms with E-state index in [-0.39, 0.29) is 5.41 Å². The molecule has 0 saturated carbocycles. The number of rotatable bonds is 4. The summed E-state index contributed by atoms with van der Waals surface area (Å²) in [5.41, 5.74) is 2.44. The minimum atomic E-state index is -0.516. The first-order chi connectivity index (χ1) is 9.77. The van der Waals surface area contributed by atoms with E-state index in [2.05, 4.69) is 65.0 Å². The Morgan fingerprint density at radius 3 is 2.38 bits per heavy atom. The Balaban J connectivity index is 2.23. The van der Waals surface area contributed by atoms with Crippen LogP contribution in [0.4, 0.5) is 0 Å². The summed E-state index contributed by atoms with van der Waals surface area (Å²) in [4.78, 5) is 2.34. The Morgan fingerprint density at radius 1 is 1.10 bits per heavy atom. The predicted molar refractivity (Wildman–Crippen MR) is 92.1 cm³/mol. The summed E-state index contributed by atoms with van der Waals surface area (Å²) < 4.78 is 0. The molecule has 0 amide bonds. The van der Waals surface area contributed by atoms with Crippen LogP contribution in [0.15, 0.2) is 36.4 Å². The second kappa shape index (κ2) is 6.33. The van der Waals surface area contributed by atoms with Crippen molar-refractivity contribution in [1.82, 2.24) is 0 Å². The molecule has 0 aliphatic rings. The summed E-state index contributed by atoms with van der Waals surface area (Å²) in [6.07, 6.45) is 0.538. The summed E-state index contributed by atoms with van der Waals surface area (Å²) in [7, 11) is 0. The van der Waals surface area contributed by atoms with Gasteiger partial charge in [-0.25, -0.2) is 0 Å². The molecule has 1 heterocycles. The van der Waals surface area contributed by atoms with Gasteiger partial charge < -0.3 is 5.11 Å². The third-order valence-corrected chi connectivity index (χ3v) is 5.11. The maximum absolute atomic E-state index is 10.6. The third kappa shape index (κ3) is 4.18. The fourth-order valence-corrected chi connectivity index (χ4v) is 3.51. The smallest absolute Gasteiger partial charge is 0.113 e. The predicted octanol–water partition coefficient (Wildman–Crippen LogP) is 5.33. The molecule has 0 fully saturated rings. The summed E-state index contributed by atoms with van der Waals surface area (Å²) >= 11 is 1.71. The zero-order valence-electron chi connectivity index (χ0n) is 13.7. The molecule has 1 aromatic carbocycles. The summed E-state index contributed by atoms with van der Waals surface area (Å²) in [6, 6.07) is 12.6. The average molecular weight is 302 g/mol. The molecule has 0 saturated heterocycles. The van der Waals surface area contributed by atoms with E-state index in [1.54, 1.807) is 11.3 Å². The fourth-order valence-electron chi connectivity index (χ4n) is 2.43. The van der Waals surface area contributed by atoms with Crippen LogP contribution < -0.4 is 0 Å². The molecule has 0 radical (unpaired) electrons. The Labute approximate surface area is 132 Å². The van der Waals surface area contributed by atoms with Gasteiger partial charge in [0.1, 0.15) is 6.10 Å². The molecule has 0 bridgehead atoms. The van der Waals surface area contributed by atoms with Crippen molar-refractivity contribution in [2.24, 2.45) is 5.92 Å². The standard InChI is InChI=1S/C19H26OS/c1-13(2)11-14-7-6-8-15(12-14)18(20)16-9-10-17(21-16)19(3,4)5/h6-10,12-13,18,20H,11H2,1-5H3. The molecule has 0 spiro atoms. The monoisotopic (exact) mass is 302 g/mol. The van der Waals surface area contributed by atoms with E-state index < -0.39 is 6.10 Å². The normalized spacial score (nSPS) is 13.7. The van der Waals surface area contributed by atoms with Crippen LogP contribution in [0.25, 0.3) is 0 Å². The molecule has 114 valence electrons. The first-order valence-electron chi connectivity index (χ1n) is 7.64. The molecule has 1 unspecified atom stereocenters. The first-order valence-corrected chi connectivity index (χ1v) is 8.46. The van der Waals surface area contributed by atoms with Gasteiger partial charge in [0.2, 0.25) is 0 Å². The average Bonchev–Trinajstić information content (AvgIpc) is 2.86. The maximum Gasteiger partial charge on any atom is 0.113 e. The molecule has 2 aromatic rings. The largest absolute Gasteiger partial charge is 0.383 e. The van der Waals surface area contributed by atoms with Crippen molar-refractivity contribution in [3.8, 4) is 0 Å². The van der Waals surface area contributed by atoms with E-state index in [1.807, 2.05) is 6.07 Å². The lowest BCUT2D eigenvalue weighted by Gasteiger charge is -2.16. The van der Waals surface area contributed by atoms with E-state index in [0.717, 1.165) is 16.9 Å². The van der Waals surface area contributed by atoms with Crippen LogP contribution in [0.1, 0.15) is 61.6 Å². The fraction of sp³-hybridized carbons (Fsp3) is 0.474. The van der Waals surface area contributed by atoms with Crippen LogP contribution in [0.3, 0.4) is 0 Å². The molecule has 1 nitrogen and oxygen atoms in total. The summed E-state index contributed by atoms with van der Waals surface area (Å²) in [5.74, 6) is 0.631. The molecule has 0 aliphatic heterocycles. The van der Waals surface area contributed by atoms with E-state index in [1.165, 1.54) is 10.4 Å². The molecular formula is C19H26OS. The molecule has 1 atom stereocenters. The van der Waals surface area contributed by atoms with Crippen molar-refractivity contribution < 1.29 is 5.11 Å². The van der Waals surface area contributed by atoms with Gasteiger partial charge in [0, 0.05) is 9.75 Å². The van der Waals surface area contributed by atoms with Crippen molar-refractivity contribution >= 4 is 11.3 Å². The molecule has 1 aromatic heterocycles. The van der Waals surface area contributed by atoms with Crippen molar-refractivity contribution in [2.75, 3.05) is 0 Å². The van der Waals surface area contributed by atoms with Crippen molar-refractivity contribution in [3.05, 3.63) is 57.3 Å². The zero-order valence-corrected chi connectivity index (χ0v) is 14.5. The Hall–Kier alpha value is -1.12. The number of hydrogen-bond donors (Lipinski definition) is 1. The topological polar surface area (TPSA) is 20.2 Å². The van der Waals surface area contributed by atoms with Crippen molar-refractivity contribution in [3.63, 3.8) is 0 Å². The Kier molecular flexibility index (Phi) is 4.90. The van der Waals surface area contributed by atoms with E-state index in [4.69, 9.17) is 0 Å². The Bertz CT molecular complexity index is 590. The van der Waals surface area contributed by atoms with Crippen LogP contribution >= 0.6 is 11.3 Å². The Morgan fingerprint density at radius 2 is 1.81 bits per heavy atom. The van der Waals surface area contributed by atoms with Gasteiger partial charge in [-0.1, -0.05) is 58.9 Å². The second-order valence-corrected chi connectivity index (χ2v) is 8.31. The van der Waals surface area contributed by atoms with E-state index in [9.17, 15) is 5.11 Å². The zero-order chi connectivity index (χ0) is 15.6. The van der Waals surface area contributed by atoms with Crippen LogP contribution in [-0.4, -0.2) is 5.11 Å². The van der Waals surface area contributed by atoms with Crippen LogP contribution in [0.5, 0.6) is 0 Å². The first kappa shape index (κ1) is 16.3. The third-order valence-electron chi connectivity index (χ3n) is 3.55. The van der Waals surface area contributed by atoms with Gasteiger partial charge in [-0.15, -0.1) is 11.3 Å². The van der Waals surface area contributed by atoms with Gasteiger partial charge in [-0.05, 0) is 41.0 Å². The summed E-state index contributed by atoms with van der Waals surface area (Å²) in [6.45, 7) is 11.1. The highest BCUT2D eigenvalue weighted by Gasteiger charge is 2.19. The van der Waals surface area contributed by atoms with Crippen LogP contribution in [0, 0.1) is 5.92 Å². The minimum Gasteiger partial charge on any atom is -0.383 e. The number of benzene rings is 1. The lowest BCUT2D eigenvalue weighted by atomic mass is 9.95. The van der Waals surface area contributed by atoms with Crippen molar-refractivity contribution in [1.29, 1.82) is 0 Å². The second-order valence-electron chi connectivity index (χ2n) is 7.20.